The Morgan fingerprint density at radius 1 is 1.62 bits per heavy atom. The topological polar surface area (TPSA) is 71.5 Å². The van der Waals surface area contributed by atoms with E-state index in [1.807, 2.05) is 6.92 Å². The van der Waals surface area contributed by atoms with E-state index in [2.05, 4.69) is 16.9 Å². The molecule has 1 heterocycles. The van der Waals surface area contributed by atoms with Crippen molar-refractivity contribution < 1.29 is 14.6 Å². The first kappa shape index (κ1) is 12.0. The second-order valence-electron chi connectivity index (χ2n) is 3.08. The summed E-state index contributed by atoms with van der Waals surface area (Å²) in [7, 11) is 0. The molecule has 0 atom stereocenters. The van der Waals surface area contributed by atoms with Crippen molar-refractivity contribution in [1.82, 2.24) is 4.98 Å². The number of nitrogens with one attached hydrogen (secondary N) is 1. The summed E-state index contributed by atoms with van der Waals surface area (Å²) in [6.07, 6.45) is 1.58. The van der Waals surface area contributed by atoms with Gasteiger partial charge in [0.25, 0.3) is 0 Å². The van der Waals surface area contributed by atoms with E-state index in [-0.39, 0.29) is 12.1 Å². The molecule has 2 N–H and O–H groups in total. The molecule has 0 aliphatic heterocycles. The smallest absolute Gasteiger partial charge is 0.332 e. The highest BCUT2D eigenvalue weighted by Crippen LogP contribution is 2.11. The number of hydrogen-bond donors (Lipinski definition) is 2. The molecule has 5 heteroatoms. The van der Waals surface area contributed by atoms with E-state index in [4.69, 9.17) is 9.84 Å². The summed E-state index contributed by atoms with van der Waals surface area (Å²) in [5, 5.41) is 11.5. The highest BCUT2D eigenvalue weighted by molar-refractivity contribution is 5.86. The Kier molecular flexibility index (Phi) is 4.32. The second kappa shape index (κ2) is 5.75. The molecule has 0 aliphatic carbocycles. The first-order chi connectivity index (χ1) is 7.63. The van der Waals surface area contributed by atoms with E-state index >= 15 is 0 Å². The third kappa shape index (κ3) is 3.61. The number of carboxylic acid groups (broad SMARTS) is 1. The van der Waals surface area contributed by atoms with Crippen LogP contribution in [0.1, 0.15) is 6.92 Å². The average Bonchev–Trinajstić information content (AvgIpc) is 2.28. The van der Waals surface area contributed by atoms with Gasteiger partial charge in [0.05, 0.1) is 18.5 Å². The molecule has 0 amide bonds. The Morgan fingerprint density at radius 3 is 2.88 bits per heavy atom. The fraction of sp³-hybridized carbons (Fsp3) is 0.273. The van der Waals surface area contributed by atoms with Crippen molar-refractivity contribution in [3.63, 3.8) is 0 Å². The molecular formula is C11H14N2O3. The van der Waals surface area contributed by atoms with Crippen LogP contribution in [0, 0.1) is 0 Å². The summed E-state index contributed by atoms with van der Waals surface area (Å²) < 4.78 is 5.17. The Labute approximate surface area is 93.8 Å². The third-order valence-corrected chi connectivity index (χ3v) is 1.84. The summed E-state index contributed by atoms with van der Waals surface area (Å²) in [5.74, 6) is -0.462. The lowest BCUT2D eigenvalue weighted by Gasteiger charge is -2.06. The van der Waals surface area contributed by atoms with Crippen molar-refractivity contribution >= 4 is 11.7 Å². The van der Waals surface area contributed by atoms with Crippen molar-refractivity contribution in [2.75, 3.05) is 18.5 Å². The summed E-state index contributed by atoms with van der Waals surface area (Å²) in [5.41, 5.74) is 0.833. The molecule has 0 fully saturated rings. The number of rotatable bonds is 6. The van der Waals surface area contributed by atoms with Crippen LogP contribution in [-0.2, 0) is 4.79 Å². The molecule has 5 nitrogen and oxygen atoms in total. The third-order valence-electron chi connectivity index (χ3n) is 1.84. The van der Waals surface area contributed by atoms with E-state index in [0.717, 1.165) is 5.69 Å². The van der Waals surface area contributed by atoms with Gasteiger partial charge in [0, 0.05) is 18.2 Å². The van der Waals surface area contributed by atoms with E-state index in [9.17, 15) is 4.79 Å². The van der Waals surface area contributed by atoms with Crippen molar-refractivity contribution in [2.24, 2.45) is 0 Å². The van der Waals surface area contributed by atoms with Crippen molar-refractivity contribution in [3.8, 4) is 5.88 Å². The molecule has 0 aromatic carbocycles. The van der Waals surface area contributed by atoms with E-state index in [1.165, 1.54) is 0 Å². The minimum Gasteiger partial charge on any atom is -0.478 e. The predicted octanol–water partition coefficient (Wildman–Crippen LogP) is 1.53. The number of pyridine rings is 1. The van der Waals surface area contributed by atoms with Gasteiger partial charge in [-0.3, -0.25) is 0 Å². The molecule has 1 rings (SSSR count). The Bertz CT molecular complexity index is 373. The van der Waals surface area contributed by atoms with Crippen LogP contribution in [0.2, 0.25) is 0 Å². The Balaban J connectivity index is 2.49. The van der Waals surface area contributed by atoms with Crippen LogP contribution in [-0.4, -0.2) is 29.2 Å². The number of ether oxygens (including phenoxy) is 1. The minimum absolute atomic E-state index is 0.105. The highest BCUT2D eigenvalue weighted by atomic mass is 16.5. The summed E-state index contributed by atoms with van der Waals surface area (Å²) in [6, 6.07) is 3.49. The van der Waals surface area contributed by atoms with Crippen LogP contribution in [0.5, 0.6) is 5.88 Å². The van der Waals surface area contributed by atoms with E-state index in [0.29, 0.717) is 12.5 Å². The first-order valence-corrected chi connectivity index (χ1v) is 4.87. The van der Waals surface area contributed by atoms with E-state index < -0.39 is 5.97 Å². The number of carbonyl (C=O) groups is 1. The molecule has 1 aromatic heterocycles. The van der Waals surface area contributed by atoms with E-state index in [1.54, 1.807) is 18.3 Å². The molecule has 0 unspecified atom stereocenters. The lowest BCUT2D eigenvalue weighted by molar-refractivity contribution is -0.132. The van der Waals surface area contributed by atoms with Gasteiger partial charge in [0.15, 0.2) is 0 Å². The summed E-state index contributed by atoms with van der Waals surface area (Å²) in [4.78, 5) is 14.5. The molecule has 0 saturated heterocycles. The predicted molar refractivity (Wildman–Crippen MR) is 60.7 cm³/mol. The van der Waals surface area contributed by atoms with Crippen molar-refractivity contribution in [1.29, 1.82) is 0 Å². The molecular weight excluding hydrogens is 208 g/mol. The number of nitrogens with zero attached hydrogens (tertiary/aromatic N) is 1. The molecule has 0 saturated carbocycles. The van der Waals surface area contributed by atoms with Crippen LogP contribution in [0.25, 0.3) is 0 Å². The zero-order chi connectivity index (χ0) is 12.0. The van der Waals surface area contributed by atoms with Crippen molar-refractivity contribution in [3.05, 3.63) is 30.5 Å². The van der Waals surface area contributed by atoms with Gasteiger partial charge in [0.1, 0.15) is 0 Å². The zero-order valence-electron chi connectivity index (χ0n) is 9.06. The Hall–Kier alpha value is -2.04. The quantitative estimate of drug-likeness (QED) is 0.714. The fourth-order valence-corrected chi connectivity index (χ4v) is 1.00. The monoisotopic (exact) mass is 222 g/mol. The van der Waals surface area contributed by atoms with Crippen molar-refractivity contribution in [2.45, 2.75) is 6.92 Å². The van der Waals surface area contributed by atoms with Gasteiger partial charge in [-0.05, 0) is 13.0 Å². The second-order valence-corrected chi connectivity index (χ2v) is 3.08. The fourth-order valence-electron chi connectivity index (χ4n) is 1.00. The van der Waals surface area contributed by atoms with Gasteiger partial charge < -0.3 is 15.2 Å². The van der Waals surface area contributed by atoms with Gasteiger partial charge in [-0.2, -0.15) is 0 Å². The van der Waals surface area contributed by atoms with Gasteiger partial charge in [-0.1, -0.05) is 6.58 Å². The van der Waals surface area contributed by atoms with Gasteiger partial charge in [-0.25, -0.2) is 9.78 Å². The molecule has 86 valence electrons. The summed E-state index contributed by atoms with van der Waals surface area (Å²) in [6.45, 7) is 6.04. The highest BCUT2D eigenvalue weighted by Gasteiger charge is 2.03. The number of aromatic nitrogens is 1. The number of carboxylic acids is 1. The lowest BCUT2D eigenvalue weighted by Crippen LogP contribution is -2.11. The van der Waals surface area contributed by atoms with Crippen LogP contribution < -0.4 is 10.1 Å². The average molecular weight is 222 g/mol. The molecule has 0 bridgehead atoms. The summed E-state index contributed by atoms with van der Waals surface area (Å²) >= 11 is 0. The molecule has 0 spiro atoms. The Morgan fingerprint density at radius 2 is 2.38 bits per heavy atom. The number of anilines is 1. The van der Waals surface area contributed by atoms with Gasteiger partial charge in [0.2, 0.25) is 5.88 Å². The van der Waals surface area contributed by atoms with Gasteiger partial charge >= 0.3 is 5.97 Å². The molecule has 0 aliphatic rings. The lowest BCUT2D eigenvalue weighted by atomic mass is 10.3. The maximum Gasteiger partial charge on any atom is 0.332 e. The normalized spacial score (nSPS) is 9.56. The maximum atomic E-state index is 10.5. The zero-order valence-corrected chi connectivity index (χ0v) is 9.06. The van der Waals surface area contributed by atoms with Crippen LogP contribution >= 0.6 is 0 Å². The number of aliphatic carboxylic acids is 1. The largest absolute Gasteiger partial charge is 0.478 e. The molecule has 1 aromatic rings. The molecule has 0 radical (unpaired) electrons. The van der Waals surface area contributed by atoms with Crippen LogP contribution in [0.15, 0.2) is 30.5 Å². The number of hydrogen-bond acceptors (Lipinski definition) is 4. The van der Waals surface area contributed by atoms with Crippen LogP contribution in [0.3, 0.4) is 0 Å². The standard InChI is InChI=1S/C11H14N2O3/c1-3-16-10-5-4-9(7-13-10)12-6-8(2)11(14)15/h4-5,7,12H,2-3,6H2,1H3,(H,14,15). The van der Waals surface area contributed by atoms with Gasteiger partial charge in [-0.15, -0.1) is 0 Å². The SMILES string of the molecule is C=C(CNc1ccc(OCC)nc1)C(=O)O. The van der Waals surface area contributed by atoms with Crippen LogP contribution in [0.4, 0.5) is 5.69 Å². The molecule has 16 heavy (non-hydrogen) atoms. The first-order valence-electron chi connectivity index (χ1n) is 4.87. The minimum atomic E-state index is -1.01. The maximum absolute atomic E-state index is 10.5.